The lowest BCUT2D eigenvalue weighted by Crippen LogP contribution is -2.45. The van der Waals surface area contributed by atoms with Crippen molar-refractivity contribution in [1.82, 2.24) is 10.3 Å². The quantitative estimate of drug-likeness (QED) is 0.930. The van der Waals surface area contributed by atoms with Crippen molar-refractivity contribution in [3.8, 4) is 0 Å². The number of aromatic nitrogens is 1. The van der Waals surface area contributed by atoms with Crippen molar-refractivity contribution >= 4 is 11.8 Å². The van der Waals surface area contributed by atoms with Crippen LogP contribution in [0.5, 0.6) is 0 Å². The van der Waals surface area contributed by atoms with E-state index in [9.17, 15) is 4.39 Å². The van der Waals surface area contributed by atoms with Crippen molar-refractivity contribution < 1.29 is 9.13 Å². The van der Waals surface area contributed by atoms with Gasteiger partial charge in [0.15, 0.2) is 0 Å². The van der Waals surface area contributed by atoms with E-state index < -0.39 is 0 Å². The summed E-state index contributed by atoms with van der Waals surface area (Å²) >= 11 is 2.01. The zero-order valence-electron chi connectivity index (χ0n) is 12.5. The van der Waals surface area contributed by atoms with E-state index in [0.29, 0.717) is 11.6 Å². The molecule has 2 aliphatic heterocycles. The minimum Gasteiger partial charge on any atom is -0.375 e. The number of ether oxygens (including phenoxy) is 1. The van der Waals surface area contributed by atoms with Crippen LogP contribution in [0.2, 0.25) is 0 Å². The average Bonchev–Trinajstić information content (AvgIpc) is 2.51. The van der Waals surface area contributed by atoms with E-state index in [2.05, 4.69) is 10.3 Å². The molecule has 2 atom stereocenters. The second-order valence-electron chi connectivity index (χ2n) is 6.03. The Morgan fingerprint density at radius 1 is 1.48 bits per heavy atom. The third-order valence-corrected chi connectivity index (χ3v) is 5.78. The molecule has 3 rings (SSSR count). The van der Waals surface area contributed by atoms with Gasteiger partial charge in [0.2, 0.25) is 0 Å². The number of nitrogens with one attached hydrogen (secondary N) is 1. The molecule has 1 spiro atoms. The molecular formula is C16H23FN2OS. The monoisotopic (exact) mass is 310 g/mol. The maximum atomic E-state index is 14.1. The second-order valence-corrected chi connectivity index (χ2v) is 7.26. The van der Waals surface area contributed by atoms with Crippen molar-refractivity contribution in [1.29, 1.82) is 0 Å². The van der Waals surface area contributed by atoms with E-state index in [1.54, 1.807) is 12.3 Å². The summed E-state index contributed by atoms with van der Waals surface area (Å²) in [6.07, 6.45) is 5.89. The van der Waals surface area contributed by atoms with E-state index in [-0.39, 0.29) is 17.5 Å². The van der Waals surface area contributed by atoms with Crippen molar-refractivity contribution in [3.63, 3.8) is 0 Å². The van der Waals surface area contributed by atoms with Gasteiger partial charge in [-0.15, -0.1) is 0 Å². The Bertz CT molecular complexity index is 474. The summed E-state index contributed by atoms with van der Waals surface area (Å²) in [6.45, 7) is 0.780. The Labute approximate surface area is 130 Å². The maximum Gasteiger partial charge on any atom is 0.146 e. The fourth-order valence-electron chi connectivity index (χ4n) is 3.66. The van der Waals surface area contributed by atoms with Crippen LogP contribution in [0.4, 0.5) is 4.39 Å². The van der Waals surface area contributed by atoms with Gasteiger partial charge in [-0.1, -0.05) is 0 Å². The number of thioether (sulfide) groups is 1. The molecule has 0 radical (unpaired) electrons. The molecular weight excluding hydrogens is 287 g/mol. The zero-order valence-corrected chi connectivity index (χ0v) is 13.3. The van der Waals surface area contributed by atoms with E-state index >= 15 is 0 Å². The highest BCUT2D eigenvalue weighted by Gasteiger charge is 2.41. The van der Waals surface area contributed by atoms with Gasteiger partial charge in [-0.05, 0) is 62.3 Å². The third kappa shape index (κ3) is 3.25. The number of nitrogens with zero attached hydrogens (tertiary/aromatic N) is 1. The fraction of sp³-hybridized carbons (Fsp3) is 0.688. The van der Waals surface area contributed by atoms with Crippen LogP contribution < -0.4 is 5.32 Å². The van der Waals surface area contributed by atoms with Gasteiger partial charge in [0.1, 0.15) is 5.82 Å². The lowest BCUT2D eigenvalue weighted by molar-refractivity contribution is -0.107. The maximum absolute atomic E-state index is 14.1. The van der Waals surface area contributed by atoms with Crippen LogP contribution in [-0.4, -0.2) is 35.7 Å². The number of hydrogen-bond donors (Lipinski definition) is 1. The highest BCUT2D eigenvalue weighted by molar-refractivity contribution is 7.99. The standard InChI is InChI=1S/C16H23FN2OS/c1-18-14(15-13(17)3-2-7-19-15)12-4-8-20-16(11-12)5-9-21-10-6-16/h2-3,7,12,14,18H,4-6,8-11H2,1H3. The van der Waals surface area contributed by atoms with Crippen LogP contribution in [-0.2, 0) is 4.74 Å². The fourth-order valence-corrected chi connectivity index (χ4v) is 4.90. The highest BCUT2D eigenvalue weighted by atomic mass is 32.2. The van der Waals surface area contributed by atoms with Crippen molar-refractivity contribution in [2.75, 3.05) is 25.2 Å². The molecule has 3 heterocycles. The zero-order chi connectivity index (χ0) is 14.7. The largest absolute Gasteiger partial charge is 0.375 e. The van der Waals surface area contributed by atoms with E-state index in [1.807, 2.05) is 18.8 Å². The summed E-state index contributed by atoms with van der Waals surface area (Å²) in [5.74, 6) is 2.52. The first-order valence-corrected chi connectivity index (χ1v) is 8.89. The Morgan fingerprint density at radius 2 is 2.29 bits per heavy atom. The molecule has 0 aromatic carbocycles. The number of halogens is 1. The van der Waals surface area contributed by atoms with Crippen molar-refractivity contribution in [2.24, 2.45) is 5.92 Å². The Hall–Kier alpha value is -0.650. The molecule has 1 aromatic heterocycles. The average molecular weight is 310 g/mol. The van der Waals surface area contributed by atoms with Crippen molar-refractivity contribution in [2.45, 2.75) is 37.3 Å². The molecule has 2 fully saturated rings. The van der Waals surface area contributed by atoms with Gasteiger partial charge in [-0.25, -0.2) is 4.39 Å². The lowest BCUT2D eigenvalue weighted by Gasteiger charge is -2.45. The molecule has 0 amide bonds. The number of pyridine rings is 1. The predicted octanol–water partition coefficient (Wildman–Crippen LogP) is 3.17. The Kier molecular flexibility index (Phi) is 4.82. The van der Waals surface area contributed by atoms with Gasteiger partial charge >= 0.3 is 0 Å². The van der Waals surface area contributed by atoms with E-state index in [0.717, 1.165) is 32.3 Å². The van der Waals surface area contributed by atoms with Gasteiger partial charge < -0.3 is 10.1 Å². The SMILES string of the molecule is CNC(c1ncccc1F)C1CCOC2(CCSCC2)C1. The second kappa shape index (κ2) is 6.63. The first-order chi connectivity index (χ1) is 10.2. The van der Waals surface area contributed by atoms with Gasteiger partial charge in [0, 0.05) is 12.8 Å². The minimum atomic E-state index is -0.211. The molecule has 2 saturated heterocycles. The summed E-state index contributed by atoms with van der Waals surface area (Å²) in [4.78, 5) is 4.28. The Morgan fingerprint density at radius 3 is 3.00 bits per heavy atom. The predicted molar refractivity (Wildman–Crippen MR) is 84.0 cm³/mol. The van der Waals surface area contributed by atoms with E-state index in [4.69, 9.17) is 4.74 Å². The molecule has 1 N–H and O–H groups in total. The summed E-state index contributed by atoms with van der Waals surface area (Å²) in [7, 11) is 1.90. The lowest BCUT2D eigenvalue weighted by atomic mass is 9.77. The molecule has 1 aromatic rings. The molecule has 0 bridgehead atoms. The minimum absolute atomic E-state index is 0.0223. The van der Waals surface area contributed by atoms with Crippen LogP contribution in [0.15, 0.2) is 18.3 Å². The molecule has 21 heavy (non-hydrogen) atoms. The molecule has 3 nitrogen and oxygen atoms in total. The molecule has 116 valence electrons. The smallest absolute Gasteiger partial charge is 0.146 e. The van der Waals surface area contributed by atoms with E-state index in [1.165, 1.54) is 17.6 Å². The Balaban J connectivity index is 1.79. The first kappa shape index (κ1) is 15.3. The van der Waals surface area contributed by atoms with Crippen molar-refractivity contribution in [3.05, 3.63) is 29.8 Å². The van der Waals surface area contributed by atoms with Gasteiger partial charge in [-0.2, -0.15) is 11.8 Å². The molecule has 2 aliphatic rings. The topological polar surface area (TPSA) is 34.2 Å². The number of rotatable bonds is 3. The van der Waals surface area contributed by atoms with Gasteiger partial charge in [0.05, 0.1) is 17.3 Å². The summed E-state index contributed by atoms with van der Waals surface area (Å²) < 4.78 is 20.2. The van der Waals surface area contributed by atoms with Crippen LogP contribution >= 0.6 is 11.8 Å². The van der Waals surface area contributed by atoms with Crippen LogP contribution in [0.3, 0.4) is 0 Å². The first-order valence-electron chi connectivity index (χ1n) is 7.73. The third-order valence-electron chi connectivity index (χ3n) is 4.80. The number of hydrogen-bond acceptors (Lipinski definition) is 4. The molecule has 0 aliphatic carbocycles. The van der Waals surface area contributed by atoms with Gasteiger partial charge in [-0.3, -0.25) is 4.98 Å². The summed E-state index contributed by atoms with van der Waals surface area (Å²) in [5.41, 5.74) is 0.571. The molecule has 5 heteroatoms. The normalized spacial score (nSPS) is 26.7. The summed E-state index contributed by atoms with van der Waals surface area (Å²) in [6, 6.07) is 3.12. The summed E-state index contributed by atoms with van der Waals surface area (Å²) in [5, 5.41) is 3.29. The van der Waals surface area contributed by atoms with Crippen LogP contribution in [0, 0.1) is 11.7 Å². The van der Waals surface area contributed by atoms with Crippen LogP contribution in [0.25, 0.3) is 0 Å². The molecule has 0 saturated carbocycles. The molecule has 2 unspecified atom stereocenters. The van der Waals surface area contributed by atoms with Crippen LogP contribution in [0.1, 0.15) is 37.4 Å². The van der Waals surface area contributed by atoms with Gasteiger partial charge in [0.25, 0.3) is 0 Å². The highest BCUT2D eigenvalue weighted by Crippen LogP contribution is 2.43.